The molecule has 1 aromatic heterocycles. The highest BCUT2D eigenvalue weighted by molar-refractivity contribution is 9.08. The van der Waals surface area contributed by atoms with E-state index in [1.165, 1.54) is 0 Å². The van der Waals surface area contributed by atoms with E-state index in [0.717, 1.165) is 6.07 Å². The fourth-order valence-corrected chi connectivity index (χ4v) is 1.48. The molecule has 1 heterocycles. The van der Waals surface area contributed by atoms with Gasteiger partial charge in [0.1, 0.15) is 5.82 Å². The molecule has 0 saturated heterocycles. The Balaban J connectivity index is 3.35. The van der Waals surface area contributed by atoms with Crippen LogP contribution in [0.1, 0.15) is 28.0 Å². The number of carboxylic acids is 1. The average Bonchev–Trinajstić information content (AvgIpc) is 2.16. The lowest BCUT2D eigenvalue weighted by Crippen LogP contribution is -2.09. The molecule has 15 heavy (non-hydrogen) atoms. The number of rotatable bonds is 3. The van der Waals surface area contributed by atoms with Gasteiger partial charge in [0.25, 0.3) is 6.43 Å². The Bertz CT molecular complexity index is 398. The summed E-state index contributed by atoms with van der Waals surface area (Å²) >= 11 is 3.00. The van der Waals surface area contributed by atoms with Gasteiger partial charge in [-0.15, -0.1) is 0 Å². The van der Waals surface area contributed by atoms with E-state index in [1.807, 2.05) is 0 Å². The molecule has 0 amide bonds. The van der Waals surface area contributed by atoms with Crippen LogP contribution in [-0.4, -0.2) is 16.1 Å². The standard InChI is InChI=1S/C8H7BrF2N2O2/c9-2-3-1-4(6(10)11)7(12)13-5(3)8(14)15/h1,6H,2H2,(H2,12,13)(H,14,15). The van der Waals surface area contributed by atoms with Crippen molar-refractivity contribution in [1.29, 1.82) is 0 Å². The summed E-state index contributed by atoms with van der Waals surface area (Å²) in [5.41, 5.74) is 4.63. The second-order valence-electron chi connectivity index (χ2n) is 2.71. The fourth-order valence-electron chi connectivity index (χ4n) is 1.05. The van der Waals surface area contributed by atoms with Gasteiger partial charge in [0.15, 0.2) is 5.69 Å². The molecule has 0 bridgehead atoms. The molecule has 4 nitrogen and oxygen atoms in total. The average molecular weight is 281 g/mol. The molecule has 0 aliphatic carbocycles. The largest absolute Gasteiger partial charge is 0.477 e. The van der Waals surface area contributed by atoms with Crippen LogP contribution in [0.25, 0.3) is 0 Å². The molecule has 1 rings (SSSR count). The third-order valence-corrected chi connectivity index (χ3v) is 2.35. The lowest BCUT2D eigenvalue weighted by atomic mass is 10.1. The van der Waals surface area contributed by atoms with Crippen LogP contribution in [0, 0.1) is 0 Å². The van der Waals surface area contributed by atoms with Crippen LogP contribution in [0.15, 0.2) is 6.07 Å². The van der Waals surface area contributed by atoms with Crippen molar-refractivity contribution in [2.45, 2.75) is 11.8 Å². The highest BCUT2D eigenvalue weighted by Crippen LogP contribution is 2.26. The number of carboxylic acid groups (broad SMARTS) is 1. The Morgan fingerprint density at radius 1 is 1.67 bits per heavy atom. The smallest absolute Gasteiger partial charge is 0.354 e. The monoisotopic (exact) mass is 280 g/mol. The number of aromatic nitrogens is 1. The molecule has 0 atom stereocenters. The van der Waals surface area contributed by atoms with E-state index >= 15 is 0 Å². The van der Waals surface area contributed by atoms with Gasteiger partial charge in [-0.1, -0.05) is 15.9 Å². The van der Waals surface area contributed by atoms with Crippen molar-refractivity contribution in [3.63, 3.8) is 0 Å². The summed E-state index contributed by atoms with van der Waals surface area (Å²) in [6.45, 7) is 0. The fraction of sp³-hybridized carbons (Fsp3) is 0.250. The lowest BCUT2D eigenvalue weighted by Gasteiger charge is -2.08. The highest BCUT2D eigenvalue weighted by Gasteiger charge is 2.19. The van der Waals surface area contributed by atoms with E-state index in [9.17, 15) is 13.6 Å². The number of aromatic carboxylic acids is 1. The second kappa shape index (κ2) is 4.52. The van der Waals surface area contributed by atoms with Crippen molar-refractivity contribution in [2.75, 3.05) is 5.73 Å². The van der Waals surface area contributed by atoms with Gasteiger partial charge < -0.3 is 10.8 Å². The SMILES string of the molecule is Nc1nc(C(=O)O)c(CBr)cc1C(F)F. The first-order valence-electron chi connectivity index (χ1n) is 3.84. The number of alkyl halides is 3. The minimum atomic E-state index is -2.77. The van der Waals surface area contributed by atoms with Crippen LogP contribution in [0.5, 0.6) is 0 Å². The molecular weight excluding hydrogens is 274 g/mol. The molecule has 0 aromatic carbocycles. The molecule has 7 heteroatoms. The molecule has 0 aliphatic heterocycles. The molecule has 0 fully saturated rings. The van der Waals surface area contributed by atoms with Gasteiger partial charge in [-0.2, -0.15) is 0 Å². The van der Waals surface area contributed by atoms with Crippen molar-refractivity contribution in [1.82, 2.24) is 4.98 Å². The van der Waals surface area contributed by atoms with Gasteiger partial charge in [0.2, 0.25) is 0 Å². The van der Waals surface area contributed by atoms with Crippen LogP contribution in [-0.2, 0) is 5.33 Å². The molecule has 0 aliphatic rings. The molecule has 0 radical (unpaired) electrons. The summed E-state index contributed by atoms with van der Waals surface area (Å²) < 4.78 is 24.8. The summed E-state index contributed by atoms with van der Waals surface area (Å²) in [5, 5.41) is 8.85. The minimum Gasteiger partial charge on any atom is -0.477 e. The minimum absolute atomic E-state index is 0.127. The number of halogens is 3. The predicted molar refractivity (Wildman–Crippen MR) is 53.2 cm³/mol. The second-order valence-corrected chi connectivity index (χ2v) is 3.27. The van der Waals surface area contributed by atoms with Crippen LogP contribution < -0.4 is 5.73 Å². The molecule has 82 valence electrons. The Kier molecular flexibility index (Phi) is 3.57. The first-order valence-corrected chi connectivity index (χ1v) is 4.96. The molecule has 3 N–H and O–H groups in total. The van der Waals surface area contributed by atoms with Crippen molar-refractivity contribution >= 4 is 27.7 Å². The Labute approximate surface area is 92.2 Å². The van der Waals surface area contributed by atoms with Crippen molar-refractivity contribution < 1.29 is 18.7 Å². The zero-order chi connectivity index (χ0) is 11.6. The first kappa shape index (κ1) is 11.8. The number of carbonyl (C=O) groups is 1. The summed E-state index contributed by atoms with van der Waals surface area (Å²) in [5.74, 6) is -1.75. The van der Waals surface area contributed by atoms with E-state index in [-0.39, 0.29) is 16.6 Å². The number of pyridine rings is 1. The van der Waals surface area contributed by atoms with Gasteiger partial charge in [-0.25, -0.2) is 18.6 Å². The zero-order valence-corrected chi connectivity index (χ0v) is 8.96. The molecule has 0 saturated carbocycles. The van der Waals surface area contributed by atoms with Gasteiger partial charge in [-0.05, 0) is 11.6 Å². The number of nitrogens with two attached hydrogens (primary N) is 1. The summed E-state index contributed by atoms with van der Waals surface area (Å²) in [4.78, 5) is 14.1. The van der Waals surface area contributed by atoms with Gasteiger partial charge in [0, 0.05) is 5.33 Å². The lowest BCUT2D eigenvalue weighted by molar-refractivity contribution is 0.0689. The van der Waals surface area contributed by atoms with E-state index in [0.29, 0.717) is 0 Å². The number of nitrogens with zero attached hydrogens (tertiary/aromatic N) is 1. The molecular formula is C8H7BrF2N2O2. The van der Waals surface area contributed by atoms with E-state index in [4.69, 9.17) is 10.8 Å². The van der Waals surface area contributed by atoms with Crippen molar-refractivity contribution in [3.05, 3.63) is 22.9 Å². The van der Waals surface area contributed by atoms with Crippen LogP contribution in [0.4, 0.5) is 14.6 Å². The topological polar surface area (TPSA) is 76.2 Å². The van der Waals surface area contributed by atoms with Crippen LogP contribution in [0.2, 0.25) is 0 Å². The number of nitrogen functional groups attached to an aromatic ring is 1. The zero-order valence-electron chi connectivity index (χ0n) is 7.38. The third-order valence-electron chi connectivity index (χ3n) is 1.74. The third kappa shape index (κ3) is 2.41. The van der Waals surface area contributed by atoms with Crippen molar-refractivity contribution in [2.24, 2.45) is 0 Å². The maximum absolute atomic E-state index is 12.4. The molecule has 1 aromatic rings. The molecule has 0 spiro atoms. The van der Waals surface area contributed by atoms with Crippen LogP contribution >= 0.6 is 15.9 Å². The number of anilines is 1. The highest BCUT2D eigenvalue weighted by atomic mass is 79.9. The maximum atomic E-state index is 12.4. The van der Waals surface area contributed by atoms with Gasteiger partial charge in [-0.3, -0.25) is 0 Å². The van der Waals surface area contributed by atoms with E-state index < -0.39 is 23.8 Å². The number of hydrogen-bond donors (Lipinski definition) is 2. The van der Waals surface area contributed by atoms with Crippen LogP contribution in [0.3, 0.4) is 0 Å². The Morgan fingerprint density at radius 2 is 2.27 bits per heavy atom. The molecule has 0 unspecified atom stereocenters. The summed E-state index contributed by atoms with van der Waals surface area (Å²) in [7, 11) is 0. The summed E-state index contributed by atoms with van der Waals surface area (Å²) in [6.07, 6.45) is -2.77. The quantitative estimate of drug-likeness (QED) is 0.833. The maximum Gasteiger partial charge on any atom is 0.354 e. The first-order chi connectivity index (χ1) is 6.97. The van der Waals surface area contributed by atoms with Gasteiger partial charge in [0.05, 0.1) is 5.56 Å². The predicted octanol–water partition coefficient (Wildman–Crippen LogP) is 2.19. The Hall–Kier alpha value is -1.24. The number of hydrogen-bond acceptors (Lipinski definition) is 3. The normalized spacial score (nSPS) is 10.7. The Morgan fingerprint density at radius 3 is 2.67 bits per heavy atom. The van der Waals surface area contributed by atoms with E-state index in [2.05, 4.69) is 20.9 Å². The van der Waals surface area contributed by atoms with Gasteiger partial charge >= 0.3 is 5.97 Å². The van der Waals surface area contributed by atoms with Crippen molar-refractivity contribution in [3.8, 4) is 0 Å². The van der Waals surface area contributed by atoms with E-state index in [1.54, 1.807) is 0 Å². The summed E-state index contributed by atoms with van der Waals surface area (Å²) in [6, 6.07) is 1.05.